The van der Waals surface area contributed by atoms with Gasteiger partial charge in [-0.3, -0.25) is 14.5 Å². The first-order chi connectivity index (χ1) is 13.0. The highest BCUT2D eigenvalue weighted by Gasteiger charge is 2.41. The zero-order valence-corrected chi connectivity index (χ0v) is 15.7. The van der Waals surface area contributed by atoms with Crippen LogP contribution in [0, 0.1) is 5.82 Å². The third-order valence-electron chi connectivity index (χ3n) is 4.52. The minimum atomic E-state index is -0.633. The summed E-state index contributed by atoms with van der Waals surface area (Å²) in [5.41, 5.74) is 1.62. The van der Waals surface area contributed by atoms with Crippen molar-refractivity contribution >= 4 is 34.8 Å². The van der Waals surface area contributed by atoms with Crippen molar-refractivity contribution in [2.45, 2.75) is 18.9 Å². The third-order valence-corrected chi connectivity index (χ3v) is 5.02. The number of nitrogens with zero attached hydrogens (tertiary/aromatic N) is 2. The molecule has 1 saturated heterocycles. The first kappa shape index (κ1) is 19.0. The van der Waals surface area contributed by atoms with Gasteiger partial charge in [-0.2, -0.15) is 0 Å². The molecule has 140 valence electrons. The summed E-state index contributed by atoms with van der Waals surface area (Å²) in [7, 11) is 1.62. The number of hydrogen-bond acceptors (Lipinski definition) is 3. The predicted molar refractivity (Wildman–Crippen MR) is 106 cm³/mol. The molecule has 2 aromatic rings. The molecule has 2 aromatic carbocycles. The van der Waals surface area contributed by atoms with E-state index in [0.717, 1.165) is 12.0 Å². The zero-order valence-electron chi connectivity index (χ0n) is 14.9. The van der Waals surface area contributed by atoms with Crippen LogP contribution >= 0.6 is 12.2 Å². The Morgan fingerprint density at radius 1 is 1.15 bits per heavy atom. The van der Waals surface area contributed by atoms with Gasteiger partial charge in [0.05, 0.1) is 6.42 Å². The van der Waals surface area contributed by atoms with Crippen LogP contribution in [0.5, 0.6) is 0 Å². The molecule has 1 heterocycles. The van der Waals surface area contributed by atoms with Gasteiger partial charge in [0.1, 0.15) is 11.9 Å². The van der Waals surface area contributed by atoms with Crippen molar-refractivity contribution in [1.82, 2.24) is 9.80 Å². The molecular formula is C20H20FN3O2S. The molecule has 0 radical (unpaired) electrons. The number of amides is 2. The fraction of sp³-hybridized carbons (Fsp3) is 0.250. The van der Waals surface area contributed by atoms with Gasteiger partial charge in [0.15, 0.2) is 5.11 Å². The maximum Gasteiger partial charge on any atom is 0.251 e. The van der Waals surface area contributed by atoms with Crippen molar-refractivity contribution < 1.29 is 14.0 Å². The third kappa shape index (κ3) is 4.49. The van der Waals surface area contributed by atoms with E-state index in [2.05, 4.69) is 5.32 Å². The van der Waals surface area contributed by atoms with E-state index < -0.39 is 6.04 Å². The lowest BCUT2D eigenvalue weighted by Crippen LogP contribution is -2.39. The number of nitrogens with one attached hydrogen (secondary N) is 1. The Morgan fingerprint density at radius 3 is 2.48 bits per heavy atom. The van der Waals surface area contributed by atoms with Gasteiger partial charge in [-0.15, -0.1) is 0 Å². The second kappa shape index (κ2) is 8.26. The summed E-state index contributed by atoms with van der Waals surface area (Å²) < 4.78 is 13.0. The van der Waals surface area contributed by atoms with E-state index in [9.17, 15) is 14.0 Å². The molecule has 2 amide bonds. The van der Waals surface area contributed by atoms with Crippen LogP contribution in [0.2, 0.25) is 0 Å². The Labute approximate surface area is 162 Å². The highest BCUT2D eigenvalue weighted by atomic mass is 32.1. The summed E-state index contributed by atoms with van der Waals surface area (Å²) in [5.74, 6) is -0.886. The van der Waals surface area contributed by atoms with Gasteiger partial charge in [0.2, 0.25) is 5.91 Å². The smallest absolute Gasteiger partial charge is 0.251 e. The summed E-state index contributed by atoms with van der Waals surface area (Å²) in [6.45, 7) is 0.549. The molecule has 27 heavy (non-hydrogen) atoms. The van der Waals surface area contributed by atoms with E-state index in [0.29, 0.717) is 17.3 Å². The van der Waals surface area contributed by atoms with Crippen LogP contribution < -0.4 is 5.32 Å². The van der Waals surface area contributed by atoms with Crippen molar-refractivity contribution in [2.75, 3.05) is 18.9 Å². The van der Waals surface area contributed by atoms with Crippen LogP contribution in [0.15, 0.2) is 54.6 Å². The summed E-state index contributed by atoms with van der Waals surface area (Å²) >= 11 is 5.39. The van der Waals surface area contributed by atoms with Gasteiger partial charge < -0.3 is 10.2 Å². The fourth-order valence-electron chi connectivity index (χ4n) is 3.04. The molecule has 0 spiro atoms. The first-order valence-corrected chi connectivity index (χ1v) is 9.04. The van der Waals surface area contributed by atoms with Gasteiger partial charge in [-0.25, -0.2) is 4.39 Å². The molecule has 0 unspecified atom stereocenters. The van der Waals surface area contributed by atoms with E-state index in [4.69, 9.17) is 12.2 Å². The minimum Gasteiger partial charge on any atom is -0.336 e. The number of carbonyl (C=O) groups excluding carboxylic acids is 2. The number of carbonyl (C=O) groups is 2. The topological polar surface area (TPSA) is 52.7 Å². The lowest BCUT2D eigenvalue weighted by molar-refractivity contribution is -0.130. The molecule has 1 atom stereocenters. The maximum atomic E-state index is 13.0. The van der Waals surface area contributed by atoms with Crippen molar-refractivity contribution in [2.24, 2.45) is 0 Å². The Kier molecular flexibility index (Phi) is 5.81. The number of thiocarbonyl (C=S) groups is 1. The molecule has 0 aromatic heterocycles. The number of rotatable bonds is 6. The zero-order chi connectivity index (χ0) is 19.4. The van der Waals surface area contributed by atoms with Crippen LogP contribution in [-0.2, 0) is 16.0 Å². The fourth-order valence-corrected chi connectivity index (χ4v) is 3.35. The van der Waals surface area contributed by atoms with Crippen LogP contribution in [0.4, 0.5) is 10.1 Å². The average molecular weight is 385 g/mol. The largest absolute Gasteiger partial charge is 0.336 e. The molecule has 0 saturated carbocycles. The number of likely N-dealkylation sites (N-methyl/N-ethyl adjacent to an activating group) is 1. The molecule has 1 aliphatic rings. The summed E-state index contributed by atoms with van der Waals surface area (Å²) in [5, 5.41) is 3.12. The quantitative estimate of drug-likeness (QED) is 0.777. The molecule has 0 bridgehead atoms. The van der Waals surface area contributed by atoms with Crippen molar-refractivity contribution in [3.63, 3.8) is 0 Å². The van der Waals surface area contributed by atoms with Crippen LogP contribution in [0.1, 0.15) is 12.0 Å². The van der Waals surface area contributed by atoms with Crippen LogP contribution in [0.3, 0.4) is 0 Å². The molecule has 7 heteroatoms. The van der Waals surface area contributed by atoms with Crippen molar-refractivity contribution in [3.8, 4) is 0 Å². The number of halogens is 1. The van der Waals surface area contributed by atoms with Crippen molar-refractivity contribution in [1.29, 1.82) is 0 Å². The maximum absolute atomic E-state index is 13.0. The molecule has 5 nitrogen and oxygen atoms in total. The molecule has 0 aliphatic carbocycles. The molecule has 1 fully saturated rings. The predicted octanol–water partition coefficient (Wildman–Crippen LogP) is 2.82. The Balaban J connectivity index is 1.66. The summed E-state index contributed by atoms with van der Waals surface area (Å²) in [4.78, 5) is 28.1. The van der Waals surface area contributed by atoms with Gasteiger partial charge >= 0.3 is 0 Å². The Hall–Kier alpha value is -2.80. The normalized spacial score (nSPS) is 16.7. The number of hydrogen-bond donors (Lipinski definition) is 1. The average Bonchev–Trinajstić information content (AvgIpc) is 2.86. The van der Waals surface area contributed by atoms with Gasteiger partial charge in [-0.1, -0.05) is 30.3 Å². The van der Waals surface area contributed by atoms with Gasteiger partial charge in [0, 0.05) is 19.3 Å². The summed E-state index contributed by atoms with van der Waals surface area (Å²) in [6.07, 6.45) is 0.702. The molecule has 3 rings (SSSR count). The standard InChI is InChI=1S/C20H20FN3O2S/c1-23-19(26)17(13-18(25)22-16-9-7-15(21)8-10-16)24(20(23)27)12-11-14-5-3-2-4-6-14/h2-10,17H,11-13H2,1H3,(H,22,25)/t17-/m0/s1. The second-order valence-corrected chi connectivity index (χ2v) is 6.75. The number of anilines is 1. The first-order valence-electron chi connectivity index (χ1n) is 8.63. The lowest BCUT2D eigenvalue weighted by atomic mass is 10.1. The van der Waals surface area contributed by atoms with Gasteiger partial charge in [-0.05, 0) is 48.5 Å². The lowest BCUT2D eigenvalue weighted by Gasteiger charge is -2.23. The molecule has 1 aliphatic heterocycles. The van der Waals surface area contributed by atoms with E-state index in [1.807, 2.05) is 30.3 Å². The van der Waals surface area contributed by atoms with E-state index in [1.165, 1.54) is 29.2 Å². The van der Waals surface area contributed by atoms with Crippen LogP contribution in [0.25, 0.3) is 0 Å². The second-order valence-electron chi connectivity index (χ2n) is 6.38. The van der Waals surface area contributed by atoms with E-state index in [-0.39, 0.29) is 24.1 Å². The Morgan fingerprint density at radius 2 is 1.81 bits per heavy atom. The molecule has 1 N–H and O–H groups in total. The Bertz CT molecular complexity index is 842. The summed E-state index contributed by atoms with van der Waals surface area (Å²) in [6, 6.07) is 14.8. The highest BCUT2D eigenvalue weighted by Crippen LogP contribution is 2.21. The number of benzene rings is 2. The minimum absolute atomic E-state index is 0.0184. The van der Waals surface area contributed by atoms with E-state index in [1.54, 1.807) is 11.9 Å². The van der Waals surface area contributed by atoms with Gasteiger partial charge in [0.25, 0.3) is 5.91 Å². The SMILES string of the molecule is CN1C(=O)[C@H](CC(=O)Nc2ccc(F)cc2)N(CCc2ccccc2)C1=S. The highest BCUT2D eigenvalue weighted by molar-refractivity contribution is 7.80. The molecular weight excluding hydrogens is 365 g/mol. The van der Waals surface area contributed by atoms with Crippen LogP contribution in [-0.4, -0.2) is 46.4 Å². The van der Waals surface area contributed by atoms with E-state index >= 15 is 0 Å². The van der Waals surface area contributed by atoms with Crippen molar-refractivity contribution in [3.05, 3.63) is 66.0 Å². The monoisotopic (exact) mass is 385 g/mol.